The highest BCUT2D eigenvalue weighted by Gasteiger charge is 2.21. The lowest BCUT2D eigenvalue weighted by molar-refractivity contribution is 0.0598. The largest absolute Gasteiger partial charge is 0.465 e. The summed E-state index contributed by atoms with van der Waals surface area (Å²) in [5.74, 6) is -1.58. The third kappa shape index (κ3) is 3.39. The summed E-state index contributed by atoms with van der Waals surface area (Å²) >= 11 is 0. The molecule has 0 amide bonds. The standard InChI is InChI=1S/C20H15F2NO3/c1-26-20(25)17-3-2-12-23(19(17)24)18(13-4-8-15(21)9-5-13)14-6-10-16(22)11-7-14/h2-12,18H,1H3. The molecule has 0 unspecified atom stereocenters. The van der Waals surface area contributed by atoms with Crippen molar-refractivity contribution in [3.8, 4) is 0 Å². The third-order valence-electron chi connectivity index (χ3n) is 4.03. The topological polar surface area (TPSA) is 48.3 Å². The highest BCUT2D eigenvalue weighted by Crippen LogP contribution is 2.26. The van der Waals surface area contributed by atoms with Gasteiger partial charge in [-0.3, -0.25) is 4.79 Å². The summed E-state index contributed by atoms with van der Waals surface area (Å²) in [6.07, 6.45) is 1.52. The molecule has 0 saturated heterocycles. The quantitative estimate of drug-likeness (QED) is 0.673. The van der Waals surface area contributed by atoms with E-state index in [1.54, 1.807) is 30.3 Å². The van der Waals surface area contributed by atoms with Crippen LogP contribution in [0.15, 0.2) is 71.7 Å². The average Bonchev–Trinajstić information content (AvgIpc) is 2.65. The maximum Gasteiger partial charge on any atom is 0.343 e. The van der Waals surface area contributed by atoms with Crippen molar-refractivity contribution in [2.75, 3.05) is 7.11 Å². The maximum absolute atomic E-state index is 13.3. The van der Waals surface area contributed by atoms with Crippen LogP contribution in [0.4, 0.5) is 8.78 Å². The molecule has 6 heteroatoms. The Kier molecular flexibility index (Phi) is 4.93. The Morgan fingerprint density at radius 3 is 1.88 bits per heavy atom. The fraction of sp³-hybridized carbons (Fsp3) is 0.100. The fourth-order valence-electron chi connectivity index (χ4n) is 2.78. The Labute approximate surface area is 148 Å². The summed E-state index contributed by atoms with van der Waals surface area (Å²) < 4.78 is 32.6. The van der Waals surface area contributed by atoms with Crippen LogP contribution in [0, 0.1) is 11.6 Å². The van der Waals surface area contributed by atoms with Crippen molar-refractivity contribution in [1.29, 1.82) is 0 Å². The van der Waals surface area contributed by atoms with E-state index in [0.29, 0.717) is 11.1 Å². The van der Waals surface area contributed by atoms with Gasteiger partial charge < -0.3 is 9.30 Å². The van der Waals surface area contributed by atoms with Gasteiger partial charge in [-0.1, -0.05) is 24.3 Å². The summed E-state index contributed by atoms with van der Waals surface area (Å²) in [6, 6.07) is 13.5. The van der Waals surface area contributed by atoms with E-state index in [2.05, 4.69) is 4.74 Å². The Morgan fingerprint density at radius 2 is 1.42 bits per heavy atom. The van der Waals surface area contributed by atoms with Gasteiger partial charge in [-0.05, 0) is 47.5 Å². The summed E-state index contributed by atoms with van der Waals surface area (Å²) in [5, 5.41) is 0. The minimum Gasteiger partial charge on any atom is -0.465 e. The van der Waals surface area contributed by atoms with E-state index in [9.17, 15) is 18.4 Å². The number of ether oxygens (including phenoxy) is 1. The van der Waals surface area contributed by atoms with Crippen LogP contribution in [-0.2, 0) is 4.74 Å². The lowest BCUT2D eigenvalue weighted by atomic mass is 9.98. The molecule has 3 aromatic rings. The molecule has 0 radical (unpaired) electrons. The first-order valence-corrected chi connectivity index (χ1v) is 7.81. The zero-order valence-electron chi connectivity index (χ0n) is 13.9. The number of carbonyl (C=O) groups is 1. The minimum absolute atomic E-state index is 0.121. The third-order valence-corrected chi connectivity index (χ3v) is 4.03. The van der Waals surface area contributed by atoms with Gasteiger partial charge in [-0.2, -0.15) is 0 Å². The number of benzene rings is 2. The van der Waals surface area contributed by atoms with E-state index in [1.165, 1.54) is 48.2 Å². The van der Waals surface area contributed by atoms with Gasteiger partial charge in [-0.25, -0.2) is 13.6 Å². The van der Waals surface area contributed by atoms with E-state index in [1.807, 2.05) is 0 Å². The second-order valence-corrected chi connectivity index (χ2v) is 5.63. The second-order valence-electron chi connectivity index (χ2n) is 5.63. The van der Waals surface area contributed by atoms with E-state index >= 15 is 0 Å². The monoisotopic (exact) mass is 355 g/mol. The van der Waals surface area contributed by atoms with Crippen LogP contribution in [-0.4, -0.2) is 17.6 Å². The van der Waals surface area contributed by atoms with Crippen LogP contribution in [0.25, 0.3) is 0 Å². The Bertz CT molecular complexity index is 934. The number of rotatable bonds is 4. The summed E-state index contributed by atoms with van der Waals surface area (Å²) in [6.45, 7) is 0. The number of hydrogen-bond acceptors (Lipinski definition) is 3. The number of pyridine rings is 1. The first-order valence-electron chi connectivity index (χ1n) is 7.81. The van der Waals surface area contributed by atoms with Gasteiger partial charge in [0.05, 0.1) is 13.2 Å². The van der Waals surface area contributed by atoms with Crippen LogP contribution < -0.4 is 5.56 Å². The van der Waals surface area contributed by atoms with E-state index in [4.69, 9.17) is 0 Å². The predicted molar refractivity (Wildman–Crippen MR) is 92.1 cm³/mol. The van der Waals surface area contributed by atoms with Crippen molar-refractivity contribution in [3.05, 3.63) is 106 Å². The molecular weight excluding hydrogens is 340 g/mol. The Hall–Kier alpha value is -3.28. The van der Waals surface area contributed by atoms with Gasteiger partial charge >= 0.3 is 5.97 Å². The Balaban J connectivity index is 2.21. The SMILES string of the molecule is COC(=O)c1cccn(C(c2ccc(F)cc2)c2ccc(F)cc2)c1=O. The van der Waals surface area contributed by atoms with Gasteiger partial charge in [0.15, 0.2) is 0 Å². The molecule has 26 heavy (non-hydrogen) atoms. The lowest BCUT2D eigenvalue weighted by Crippen LogP contribution is -2.30. The van der Waals surface area contributed by atoms with E-state index in [0.717, 1.165) is 0 Å². The van der Waals surface area contributed by atoms with Crippen LogP contribution in [0.3, 0.4) is 0 Å². The summed E-state index contributed by atoms with van der Waals surface area (Å²) in [4.78, 5) is 24.6. The molecule has 2 aromatic carbocycles. The minimum atomic E-state index is -0.749. The van der Waals surface area contributed by atoms with Gasteiger partial charge in [0, 0.05) is 6.20 Å². The van der Waals surface area contributed by atoms with E-state index in [-0.39, 0.29) is 5.56 Å². The zero-order valence-corrected chi connectivity index (χ0v) is 13.9. The lowest BCUT2D eigenvalue weighted by Gasteiger charge is -2.21. The van der Waals surface area contributed by atoms with Crippen molar-refractivity contribution in [3.63, 3.8) is 0 Å². The molecule has 0 atom stereocenters. The Morgan fingerprint density at radius 1 is 0.923 bits per heavy atom. The molecule has 0 spiro atoms. The molecule has 0 bridgehead atoms. The van der Waals surface area contributed by atoms with Crippen LogP contribution >= 0.6 is 0 Å². The molecule has 0 saturated carbocycles. The van der Waals surface area contributed by atoms with Gasteiger partial charge in [0.1, 0.15) is 17.2 Å². The van der Waals surface area contributed by atoms with Crippen LogP contribution in [0.2, 0.25) is 0 Å². The summed E-state index contributed by atoms with van der Waals surface area (Å²) in [7, 11) is 1.19. The average molecular weight is 355 g/mol. The molecule has 0 aliphatic rings. The number of halogens is 2. The molecule has 0 aliphatic heterocycles. The number of hydrogen-bond donors (Lipinski definition) is 0. The number of nitrogens with zero attached hydrogens (tertiary/aromatic N) is 1. The first kappa shape index (κ1) is 17.5. The molecule has 1 aromatic heterocycles. The molecule has 0 aliphatic carbocycles. The molecule has 1 heterocycles. The molecule has 3 rings (SSSR count). The van der Waals surface area contributed by atoms with Crippen molar-refractivity contribution < 1.29 is 18.3 Å². The van der Waals surface area contributed by atoms with Gasteiger partial charge in [-0.15, -0.1) is 0 Å². The molecule has 132 valence electrons. The van der Waals surface area contributed by atoms with Gasteiger partial charge in [0.25, 0.3) is 5.56 Å². The fourth-order valence-corrected chi connectivity index (χ4v) is 2.78. The second kappa shape index (κ2) is 7.31. The van der Waals surface area contributed by atoms with Crippen LogP contribution in [0.5, 0.6) is 0 Å². The van der Waals surface area contributed by atoms with Crippen molar-refractivity contribution in [2.45, 2.75) is 6.04 Å². The smallest absolute Gasteiger partial charge is 0.343 e. The van der Waals surface area contributed by atoms with Crippen molar-refractivity contribution in [2.24, 2.45) is 0 Å². The normalized spacial score (nSPS) is 10.8. The number of methoxy groups -OCH3 is 1. The first-order chi connectivity index (χ1) is 12.5. The molecule has 4 nitrogen and oxygen atoms in total. The number of aromatic nitrogens is 1. The van der Waals surface area contributed by atoms with E-state index < -0.39 is 29.2 Å². The van der Waals surface area contributed by atoms with Gasteiger partial charge in [0.2, 0.25) is 0 Å². The summed E-state index contributed by atoms with van der Waals surface area (Å²) in [5.41, 5.74) is 0.548. The van der Waals surface area contributed by atoms with Crippen molar-refractivity contribution in [1.82, 2.24) is 4.57 Å². The predicted octanol–water partition coefficient (Wildman–Crippen LogP) is 3.55. The zero-order chi connectivity index (χ0) is 18.7. The number of carbonyl (C=O) groups excluding carboxylic acids is 1. The maximum atomic E-state index is 13.3. The molecular formula is C20H15F2NO3. The highest BCUT2D eigenvalue weighted by atomic mass is 19.1. The van der Waals surface area contributed by atoms with Crippen LogP contribution in [0.1, 0.15) is 27.5 Å². The highest BCUT2D eigenvalue weighted by molar-refractivity contribution is 5.88. The van der Waals surface area contributed by atoms with Crippen molar-refractivity contribution >= 4 is 5.97 Å². The molecule has 0 N–H and O–H groups in total. The number of esters is 1. The molecule has 0 fully saturated rings.